The summed E-state index contributed by atoms with van der Waals surface area (Å²) in [4.78, 5) is 11.4. The average molecular weight is 217 g/mol. The Bertz CT molecular complexity index is 516. The number of benzene rings is 1. The van der Waals surface area contributed by atoms with Crippen molar-refractivity contribution in [2.75, 3.05) is 5.32 Å². The van der Waals surface area contributed by atoms with Gasteiger partial charge in [-0.25, -0.2) is 0 Å². The Hall–Kier alpha value is -1.84. The smallest absolute Gasteiger partial charge is 0.224 e. The van der Waals surface area contributed by atoms with Gasteiger partial charge >= 0.3 is 0 Å². The standard InChI is InChI=1S/C12H15N3O/c1-3-4-12(16)14-10-5-6-11-9(7-10)8-13-15(11)2/h5-8H,3-4H2,1-2H3,(H,14,16). The lowest BCUT2D eigenvalue weighted by Crippen LogP contribution is -2.10. The fraction of sp³-hybridized carbons (Fsp3) is 0.333. The van der Waals surface area contributed by atoms with E-state index < -0.39 is 0 Å². The molecule has 84 valence electrons. The molecule has 2 aromatic rings. The molecular weight excluding hydrogens is 202 g/mol. The number of hydrogen-bond acceptors (Lipinski definition) is 2. The summed E-state index contributed by atoms with van der Waals surface area (Å²) in [5.74, 6) is 0.0609. The van der Waals surface area contributed by atoms with E-state index in [0.717, 1.165) is 23.0 Å². The summed E-state index contributed by atoms with van der Waals surface area (Å²) < 4.78 is 1.81. The van der Waals surface area contributed by atoms with Gasteiger partial charge in [-0.3, -0.25) is 9.48 Å². The van der Waals surface area contributed by atoms with Crippen LogP contribution in [-0.4, -0.2) is 15.7 Å². The van der Waals surface area contributed by atoms with Crippen LogP contribution in [-0.2, 0) is 11.8 Å². The second-order valence-electron chi connectivity index (χ2n) is 3.84. The summed E-state index contributed by atoms with van der Waals surface area (Å²) in [7, 11) is 1.90. The van der Waals surface area contributed by atoms with Crippen LogP contribution in [0.5, 0.6) is 0 Å². The van der Waals surface area contributed by atoms with Crippen LogP contribution in [0.4, 0.5) is 5.69 Å². The van der Waals surface area contributed by atoms with Crippen LogP contribution in [0.2, 0.25) is 0 Å². The Morgan fingerprint density at radius 1 is 1.50 bits per heavy atom. The van der Waals surface area contributed by atoms with Gasteiger partial charge in [-0.15, -0.1) is 0 Å². The van der Waals surface area contributed by atoms with Crippen molar-refractivity contribution in [3.8, 4) is 0 Å². The minimum absolute atomic E-state index is 0.0609. The van der Waals surface area contributed by atoms with Gasteiger partial charge < -0.3 is 5.32 Å². The van der Waals surface area contributed by atoms with Crippen LogP contribution in [0.15, 0.2) is 24.4 Å². The van der Waals surface area contributed by atoms with Crippen LogP contribution < -0.4 is 5.32 Å². The largest absolute Gasteiger partial charge is 0.326 e. The summed E-state index contributed by atoms with van der Waals surface area (Å²) in [5, 5.41) is 8.06. The van der Waals surface area contributed by atoms with Crippen LogP contribution in [0.3, 0.4) is 0 Å². The number of rotatable bonds is 3. The summed E-state index contributed by atoms with van der Waals surface area (Å²) >= 11 is 0. The van der Waals surface area contributed by atoms with Gasteiger partial charge in [-0.2, -0.15) is 5.10 Å². The van der Waals surface area contributed by atoms with E-state index in [1.165, 1.54) is 0 Å². The molecule has 0 saturated carbocycles. The molecule has 0 fully saturated rings. The number of carbonyl (C=O) groups excluding carboxylic acids is 1. The molecule has 0 aliphatic carbocycles. The molecule has 1 aromatic carbocycles. The van der Waals surface area contributed by atoms with Crippen LogP contribution >= 0.6 is 0 Å². The first-order valence-corrected chi connectivity index (χ1v) is 5.42. The molecule has 4 nitrogen and oxygen atoms in total. The van der Waals surface area contributed by atoms with Crippen molar-refractivity contribution >= 4 is 22.5 Å². The predicted molar refractivity (Wildman–Crippen MR) is 64.3 cm³/mol. The van der Waals surface area contributed by atoms with Crippen LogP contribution in [0.1, 0.15) is 19.8 Å². The van der Waals surface area contributed by atoms with E-state index in [-0.39, 0.29) is 5.91 Å². The second kappa shape index (κ2) is 4.35. The van der Waals surface area contributed by atoms with Crippen LogP contribution in [0.25, 0.3) is 10.9 Å². The average Bonchev–Trinajstić information content (AvgIpc) is 2.60. The Morgan fingerprint density at radius 2 is 2.31 bits per heavy atom. The minimum atomic E-state index is 0.0609. The first kappa shape index (κ1) is 10.7. The third-order valence-electron chi connectivity index (χ3n) is 2.51. The highest BCUT2D eigenvalue weighted by molar-refractivity contribution is 5.93. The fourth-order valence-corrected chi connectivity index (χ4v) is 1.69. The first-order valence-electron chi connectivity index (χ1n) is 5.42. The topological polar surface area (TPSA) is 46.9 Å². The molecule has 0 saturated heterocycles. The summed E-state index contributed by atoms with van der Waals surface area (Å²) in [6.07, 6.45) is 3.22. The van der Waals surface area contributed by atoms with Gasteiger partial charge in [0.2, 0.25) is 5.91 Å². The molecule has 16 heavy (non-hydrogen) atoms. The summed E-state index contributed by atoms with van der Waals surface area (Å²) in [6.45, 7) is 1.99. The third kappa shape index (κ3) is 2.05. The monoisotopic (exact) mass is 217 g/mol. The molecule has 1 aromatic heterocycles. The third-order valence-corrected chi connectivity index (χ3v) is 2.51. The number of nitrogens with zero attached hydrogens (tertiary/aromatic N) is 2. The Kier molecular flexibility index (Phi) is 2.90. The number of carbonyl (C=O) groups is 1. The number of aromatic nitrogens is 2. The van der Waals surface area contributed by atoms with Gasteiger partial charge in [0.1, 0.15) is 0 Å². The number of hydrogen-bond donors (Lipinski definition) is 1. The molecule has 0 bridgehead atoms. The summed E-state index contributed by atoms with van der Waals surface area (Å²) in [5.41, 5.74) is 1.90. The fourth-order valence-electron chi connectivity index (χ4n) is 1.69. The molecular formula is C12H15N3O. The second-order valence-corrected chi connectivity index (χ2v) is 3.84. The van der Waals surface area contributed by atoms with E-state index in [1.807, 2.05) is 36.9 Å². The molecule has 0 radical (unpaired) electrons. The normalized spacial score (nSPS) is 10.6. The molecule has 1 heterocycles. The molecule has 1 amide bonds. The molecule has 0 aliphatic heterocycles. The van der Waals surface area contributed by atoms with Crippen LogP contribution in [0, 0.1) is 0 Å². The van der Waals surface area contributed by atoms with Crippen molar-refractivity contribution in [2.45, 2.75) is 19.8 Å². The Balaban J connectivity index is 2.23. The van der Waals surface area contributed by atoms with Gasteiger partial charge in [0.25, 0.3) is 0 Å². The van der Waals surface area contributed by atoms with E-state index in [9.17, 15) is 4.79 Å². The zero-order chi connectivity index (χ0) is 11.5. The van der Waals surface area contributed by atoms with Crippen molar-refractivity contribution in [1.29, 1.82) is 0 Å². The molecule has 0 unspecified atom stereocenters. The van der Waals surface area contributed by atoms with E-state index in [1.54, 1.807) is 6.20 Å². The number of nitrogens with one attached hydrogen (secondary N) is 1. The number of anilines is 1. The molecule has 0 spiro atoms. The zero-order valence-electron chi connectivity index (χ0n) is 9.53. The lowest BCUT2D eigenvalue weighted by atomic mass is 10.2. The molecule has 4 heteroatoms. The van der Waals surface area contributed by atoms with E-state index >= 15 is 0 Å². The summed E-state index contributed by atoms with van der Waals surface area (Å²) in [6, 6.07) is 5.80. The van der Waals surface area contributed by atoms with Crippen molar-refractivity contribution in [3.63, 3.8) is 0 Å². The van der Waals surface area contributed by atoms with Gasteiger partial charge in [-0.1, -0.05) is 6.92 Å². The Labute approximate surface area is 94.3 Å². The molecule has 2 rings (SSSR count). The van der Waals surface area contributed by atoms with Crippen molar-refractivity contribution in [3.05, 3.63) is 24.4 Å². The maximum Gasteiger partial charge on any atom is 0.224 e. The van der Waals surface area contributed by atoms with Crippen molar-refractivity contribution < 1.29 is 4.79 Å². The molecule has 1 N–H and O–H groups in total. The quantitative estimate of drug-likeness (QED) is 0.857. The highest BCUT2D eigenvalue weighted by Crippen LogP contribution is 2.18. The Morgan fingerprint density at radius 3 is 3.06 bits per heavy atom. The van der Waals surface area contributed by atoms with E-state index in [0.29, 0.717) is 6.42 Å². The predicted octanol–water partition coefficient (Wildman–Crippen LogP) is 2.31. The lowest BCUT2D eigenvalue weighted by Gasteiger charge is -2.04. The van der Waals surface area contributed by atoms with E-state index in [4.69, 9.17) is 0 Å². The number of fused-ring (bicyclic) bond motifs is 1. The van der Waals surface area contributed by atoms with Gasteiger partial charge in [-0.05, 0) is 24.6 Å². The van der Waals surface area contributed by atoms with Gasteiger partial charge in [0.15, 0.2) is 0 Å². The van der Waals surface area contributed by atoms with Gasteiger partial charge in [0, 0.05) is 24.5 Å². The first-order chi connectivity index (χ1) is 7.70. The zero-order valence-corrected chi connectivity index (χ0v) is 9.53. The lowest BCUT2D eigenvalue weighted by molar-refractivity contribution is -0.116. The molecule has 0 atom stereocenters. The molecule has 0 aliphatic rings. The highest BCUT2D eigenvalue weighted by atomic mass is 16.1. The van der Waals surface area contributed by atoms with E-state index in [2.05, 4.69) is 10.4 Å². The maximum absolute atomic E-state index is 11.4. The minimum Gasteiger partial charge on any atom is -0.326 e. The highest BCUT2D eigenvalue weighted by Gasteiger charge is 2.03. The number of amides is 1. The number of aryl methyl sites for hydroxylation is 1. The maximum atomic E-state index is 11.4. The van der Waals surface area contributed by atoms with Crippen molar-refractivity contribution in [2.24, 2.45) is 7.05 Å². The van der Waals surface area contributed by atoms with Gasteiger partial charge in [0.05, 0.1) is 11.7 Å². The van der Waals surface area contributed by atoms with Crippen molar-refractivity contribution in [1.82, 2.24) is 9.78 Å². The SMILES string of the molecule is CCCC(=O)Nc1ccc2c(cnn2C)c1.